The molecule has 0 spiro atoms. The number of carbonyl (C=O) groups excluding carboxylic acids is 3. The molecule has 0 saturated carbocycles. The van der Waals surface area contributed by atoms with Gasteiger partial charge in [0.2, 0.25) is 11.8 Å². The molecule has 2 N–H and O–H groups in total. The van der Waals surface area contributed by atoms with Gasteiger partial charge >= 0.3 is 0 Å². The molecule has 0 radical (unpaired) electrons. The standard InChI is InChI=1S/C25H43N3O5SSi2/c1-8-9-10-11-15-20(28-25(31)19-14-12-13-16-21(19)34(28,32)33)24(26-22(29)17-35(2,3)4)27-23(30)18-36(5,6)7/h12-14,16,20,24H,8-11,15,17-18H2,1-7H3,(H,26,29)(H,27,30). The third-order valence-corrected chi connectivity index (χ3v) is 10.5. The Morgan fingerprint density at radius 1 is 0.889 bits per heavy atom. The SMILES string of the molecule is CCCCCCC(C(NC(=O)C[Si](C)(C)C)NC(=O)C[Si](C)(C)C)N1C(=O)c2ccccc2S1(=O)=O. The van der Waals surface area contributed by atoms with Crippen LogP contribution >= 0.6 is 0 Å². The summed E-state index contributed by atoms with van der Waals surface area (Å²) in [7, 11) is -7.68. The van der Waals surface area contributed by atoms with Crippen LogP contribution in [0.15, 0.2) is 29.2 Å². The minimum atomic E-state index is -4.13. The molecule has 1 aromatic carbocycles. The maximum Gasteiger partial charge on any atom is 0.269 e. The Bertz CT molecular complexity index is 1030. The fourth-order valence-electron chi connectivity index (χ4n) is 4.37. The summed E-state index contributed by atoms with van der Waals surface area (Å²) in [4.78, 5) is 39.4. The van der Waals surface area contributed by atoms with E-state index in [2.05, 4.69) is 56.8 Å². The van der Waals surface area contributed by atoms with Gasteiger partial charge in [0, 0.05) is 12.1 Å². The normalized spacial score (nSPS) is 16.1. The molecule has 8 nitrogen and oxygen atoms in total. The van der Waals surface area contributed by atoms with Crippen molar-refractivity contribution in [3.63, 3.8) is 0 Å². The first-order valence-electron chi connectivity index (χ1n) is 12.8. The number of nitrogens with zero attached hydrogens (tertiary/aromatic N) is 1. The molecule has 1 aromatic rings. The molecular formula is C25H43N3O5SSi2. The second-order valence-electron chi connectivity index (χ2n) is 12.1. The van der Waals surface area contributed by atoms with E-state index in [0.717, 1.165) is 23.6 Å². The zero-order chi connectivity index (χ0) is 27.3. The van der Waals surface area contributed by atoms with E-state index in [4.69, 9.17) is 0 Å². The predicted octanol–water partition coefficient (Wildman–Crippen LogP) is 4.41. The Morgan fingerprint density at radius 2 is 1.42 bits per heavy atom. The smallest absolute Gasteiger partial charge is 0.269 e. The molecule has 0 aliphatic carbocycles. The summed E-state index contributed by atoms with van der Waals surface area (Å²) in [5.41, 5.74) is 0.122. The Hall–Kier alpha value is -1.99. The molecule has 0 bridgehead atoms. The summed E-state index contributed by atoms with van der Waals surface area (Å²) in [6, 6.07) is 5.89. The van der Waals surface area contributed by atoms with E-state index in [1.54, 1.807) is 12.1 Å². The number of unbranched alkanes of at least 4 members (excludes halogenated alkanes) is 3. The van der Waals surface area contributed by atoms with Gasteiger partial charge in [-0.25, -0.2) is 12.7 Å². The van der Waals surface area contributed by atoms with Gasteiger partial charge in [-0.2, -0.15) is 0 Å². The van der Waals surface area contributed by atoms with E-state index in [-0.39, 0.29) is 22.3 Å². The lowest BCUT2D eigenvalue weighted by Gasteiger charge is -2.35. The van der Waals surface area contributed by atoms with Gasteiger partial charge in [-0.15, -0.1) is 0 Å². The number of sulfonamides is 1. The number of carbonyl (C=O) groups is 3. The maximum atomic E-state index is 13.6. The first-order valence-corrected chi connectivity index (χ1v) is 21.7. The molecule has 0 fully saturated rings. The van der Waals surface area contributed by atoms with Gasteiger partial charge in [-0.1, -0.05) is 84.0 Å². The summed E-state index contributed by atoms with van der Waals surface area (Å²) in [5.74, 6) is -1.10. The average molecular weight is 554 g/mol. The minimum absolute atomic E-state index is 0.0332. The zero-order valence-electron chi connectivity index (χ0n) is 22.8. The van der Waals surface area contributed by atoms with Crippen LogP contribution in [0.2, 0.25) is 51.4 Å². The van der Waals surface area contributed by atoms with E-state index in [1.807, 2.05) is 0 Å². The molecule has 202 valence electrons. The zero-order valence-corrected chi connectivity index (χ0v) is 25.6. The van der Waals surface area contributed by atoms with E-state index < -0.39 is 44.3 Å². The summed E-state index contributed by atoms with van der Waals surface area (Å²) in [5, 5.41) is 5.83. The predicted molar refractivity (Wildman–Crippen MR) is 149 cm³/mol. The molecule has 3 amide bonds. The lowest BCUT2D eigenvalue weighted by molar-refractivity contribution is -0.123. The summed E-state index contributed by atoms with van der Waals surface area (Å²) < 4.78 is 28.0. The second-order valence-corrected chi connectivity index (χ2v) is 24.8. The van der Waals surface area contributed by atoms with Crippen molar-refractivity contribution in [3.8, 4) is 0 Å². The van der Waals surface area contributed by atoms with E-state index in [9.17, 15) is 22.8 Å². The molecule has 1 atom stereocenters. The molecule has 1 aliphatic heterocycles. The van der Waals surface area contributed by atoms with E-state index in [0.29, 0.717) is 24.9 Å². The highest BCUT2D eigenvalue weighted by Gasteiger charge is 2.47. The summed E-state index contributed by atoms with van der Waals surface area (Å²) in [6.45, 7) is 14.5. The summed E-state index contributed by atoms with van der Waals surface area (Å²) in [6.07, 6.45) is 2.83. The lowest BCUT2D eigenvalue weighted by Crippen LogP contribution is -2.61. The molecule has 11 heteroatoms. The molecule has 1 heterocycles. The molecule has 0 saturated heterocycles. The topological polar surface area (TPSA) is 113 Å². The highest BCUT2D eigenvalue weighted by atomic mass is 32.2. The molecule has 0 aromatic heterocycles. The van der Waals surface area contributed by atoms with Gasteiger partial charge in [-0.3, -0.25) is 14.4 Å². The number of hydrogen-bond donors (Lipinski definition) is 2. The Kier molecular flexibility index (Phi) is 10.1. The first-order chi connectivity index (χ1) is 16.6. The van der Waals surface area contributed by atoms with Crippen LogP contribution in [0.1, 0.15) is 49.4 Å². The van der Waals surface area contributed by atoms with Crippen LogP contribution in [-0.2, 0) is 19.6 Å². The maximum absolute atomic E-state index is 13.6. The third-order valence-electron chi connectivity index (χ3n) is 5.91. The van der Waals surface area contributed by atoms with Crippen molar-refractivity contribution < 1.29 is 22.8 Å². The van der Waals surface area contributed by atoms with Crippen molar-refractivity contribution in [2.45, 2.75) is 108 Å². The molecule has 2 rings (SSSR count). The Balaban J connectivity index is 2.49. The van der Waals surface area contributed by atoms with Crippen LogP contribution < -0.4 is 10.6 Å². The van der Waals surface area contributed by atoms with Crippen LogP contribution in [0.3, 0.4) is 0 Å². The Morgan fingerprint density at radius 3 is 1.89 bits per heavy atom. The van der Waals surface area contributed by atoms with Crippen molar-refractivity contribution in [1.29, 1.82) is 0 Å². The first kappa shape index (κ1) is 30.2. The highest BCUT2D eigenvalue weighted by Crippen LogP contribution is 2.34. The number of benzene rings is 1. The van der Waals surface area contributed by atoms with Gasteiger partial charge < -0.3 is 10.6 Å². The minimum Gasteiger partial charge on any atom is -0.334 e. The number of rotatable bonds is 13. The third kappa shape index (κ3) is 8.27. The van der Waals surface area contributed by atoms with Crippen molar-refractivity contribution in [3.05, 3.63) is 29.8 Å². The van der Waals surface area contributed by atoms with Crippen molar-refractivity contribution >= 4 is 43.9 Å². The summed E-state index contributed by atoms with van der Waals surface area (Å²) >= 11 is 0. The Labute approximate surface area is 218 Å². The van der Waals surface area contributed by atoms with Crippen molar-refractivity contribution in [1.82, 2.24) is 14.9 Å². The molecule has 36 heavy (non-hydrogen) atoms. The average Bonchev–Trinajstić information content (AvgIpc) is 2.91. The van der Waals surface area contributed by atoms with Crippen LogP contribution in [0.5, 0.6) is 0 Å². The van der Waals surface area contributed by atoms with Crippen LogP contribution in [0.4, 0.5) is 0 Å². The van der Waals surface area contributed by atoms with E-state index in [1.165, 1.54) is 12.1 Å². The van der Waals surface area contributed by atoms with Gasteiger partial charge in [0.1, 0.15) is 11.1 Å². The number of amides is 3. The van der Waals surface area contributed by atoms with Gasteiger partial charge in [0.05, 0.1) is 27.8 Å². The fourth-order valence-corrected chi connectivity index (χ4v) is 8.30. The van der Waals surface area contributed by atoms with Crippen molar-refractivity contribution in [2.24, 2.45) is 0 Å². The number of hydrogen-bond acceptors (Lipinski definition) is 5. The van der Waals surface area contributed by atoms with Gasteiger partial charge in [-0.05, 0) is 18.6 Å². The van der Waals surface area contributed by atoms with Crippen LogP contribution in [-0.4, -0.2) is 58.8 Å². The quantitative estimate of drug-likeness (QED) is 0.214. The lowest BCUT2D eigenvalue weighted by atomic mass is 10.0. The van der Waals surface area contributed by atoms with E-state index >= 15 is 0 Å². The largest absolute Gasteiger partial charge is 0.334 e. The van der Waals surface area contributed by atoms with Gasteiger partial charge in [0.25, 0.3) is 15.9 Å². The molecule has 1 unspecified atom stereocenters. The van der Waals surface area contributed by atoms with Gasteiger partial charge in [0.15, 0.2) is 0 Å². The van der Waals surface area contributed by atoms with Crippen LogP contribution in [0.25, 0.3) is 0 Å². The number of fused-ring (bicyclic) bond motifs is 1. The molecular weight excluding hydrogens is 511 g/mol. The fraction of sp³-hybridized carbons (Fsp3) is 0.640. The highest BCUT2D eigenvalue weighted by molar-refractivity contribution is 7.90. The monoisotopic (exact) mass is 553 g/mol. The second kappa shape index (κ2) is 12.0. The van der Waals surface area contributed by atoms with Crippen LogP contribution in [0, 0.1) is 0 Å². The van der Waals surface area contributed by atoms with Crippen molar-refractivity contribution in [2.75, 3.05) is 0 Å². The number of nitrogens with one attached hydrogen (secondary N) is 2. The molecule has 1 aliphatic rings.